The minimum Gasteiger partial charge on any atom is -0.490 e. The van der Waals surface area contributed by atoms with Gasteiger partial charge < -0.3 is 38.9 Å². The lowest BCUT2D eigenvalue weighted by Gasteiger charge is -2.39. The summed E-state index contributed by atoms with van der Waals surface area (Å²) >= 11 is 0. The number of phosphoric acid groups is 1. The van der Waals surface area contributed by atoms with Crippen molar-refractivity contribution >= 4 is 42.2 Å². The molecule has 3 fully saturated rings. The van der Waals surface area contributed by atoms with Crippen LogP contribution in [-0.4, -0.2) is 81.7 Å². The van der Waals surface area contributed by atoms with E-state index in [0.29, 0.717) is 5.52 Å². The van der Waals surface area contributed by atoms with E-state index < -0.39 is 67.2 Å². The van der Waals surface area contributed by atoms with Crippen LogP contribution in [-0.2, 0) is 13.8 Å². The summed E-state index contributed by atoms with van der Waals surface area (Å²) in [6, 6.07) is 6.15. The minimum atomic E-state index is -4.95. The number of rotatable bonds is 10. The van der Waals surface area contributed by atoms with E-state index in [4.69, 9.17) is 14.0 Å². The Morgan fingerprint density at radius 1 is 1.07 bits per heavy atom. The monoisotopic (exact) mass is 665 g/mol. The number of anilines is 2. The molecule has 1 saturated carbocycles. The minimum absolute atomic E-state index is 0.0249. The number of pyridine rings is 1. The van der Waals surface area contributed by atoms with Gasteiger partial charge in [-0.05, 0) is 43.5 Å². The first kappa shape index (κ1) is 31.9. The molecule has 6 rings (SSSR count). The number of hydrogen-bond donors (Lipinski definition) is 4. The van der Waals surface area contributed by atoms with Gasteiger partial charge in [-0.1, -0.05) is 0 Å². The number of ether oxygens (including phenoxy) is 2. The quantitative estimate of drug-likeness (QED) is 0.232. The van der Waals surface area contributed by atoms with E-state index in [2.05, 4.69) is 0 Å². The molecule has 2 aromatic carbocycles. The number of carboxylic acids is 1. The molecular formula is C29H30F2N3O11P. The molecule has 2 aliphatic heterocycles. The second kappa shape index (κ2) is 12.3. The summed E-state index contributed by atoms with van der Waals surface area (Å²) in [5, 5.41) is 18.7. The second-order valence-corrected chi connectivity index (χ2v) is 12.7. The van der Waals surface area contributed by atoms with E-state index in [1.54, 1.807) is 9.47 Å². The molecule has 1 aromatic heterocycles. The maximum atomic E-state index is 15.6. The van der Waals surface area contributed by atoms with Gasteiger partial charge in [0.05, 0.1) is 42.8 Å². The van der Waals surface area contributed by atoms with E-state index in [1.807, 2.05) is 0 Å². The molecule has 4 N–H and O–H groups in total. The number of carboxylic acid groups (broad SMARTS) is 1. The number of piperidine rings is 1. The number of carbonyl (C=O) groups is 2. The third kappa shape index (κ3) is 6.44. The van der Waals surface area contributed by atoms with Crippen LogP contribution in [0, 0.1) is 17.6 Å². The highest BCUT2D eigenvalue weighted by Gasteiger charge is 2.37. The third-order valence-electron chi connectivity index (χ3n) is 8.31. The van der Waals surface area contributed by atoms with Gasteiger partial charge in [0.1, 0.15) is 17.5 Å². The van der Waals surface area contributed by atoms with Crippen LogP contribution < -0.4 is 20.0 Å². The van der Waals surface area contributed by atoms with Crippen LogP contribution in [0.25, 0.3) is 10.9 Å². The number of fused-ring (bicyclic) bond motifs is 1. The summed E-state index contributed by atoms with van der Waals surface area (Å²) < 4.78 is 59.7. The molecule has 46 heavy (non-hydrogen) atoms. The molecular weight excluding hydrogens is 635 g/mol. The molecule has 3 aromatic rings. The Morgan fingerprint density at radius 2 is 1.83 bits per heavy atom. The Kier molecular flexibility index (Phi) is 8.50. The molecule has 2 saturated heterocycles. The number of aromatic carboxylic acids is 1. The van der Waals surface area contributed by atoms with E-state index >= 15 is 8.78 Å². The Labute approximate surface area is 259 Å². The molecule has 17 heteroatoms. The number of cyclic esters (lactones) is 1. The summed E-state index contributed by atoms with van der Waals surface area (Å²) in [6.45, 7) is -0.585. The molecule has 0 radical (unpaired) electrons. The lowest BCUT2D eigenvalue weighted by atomic mass is 9.94. The van der Waals surface area contributed by atoms with Crippen LogP contribution in [0.5, 0.6) is 5.75 Å². The maximum Gasteiger partial charge on any atom is 0.469 e. The molecule has 14 nitrogen and oxygen atoms in total. The second-order valence-electron chi connectivity index (χ2n) is 11.5. The number of aliphatic hydroxyl groups is 1. The normalized spacial score (nSPS) is 21.9. The number of hydrogen-bond acceptors (Lipinski definition) is 9. The van der Waals surface area contributed by atoms with Gasteiger partial charge in [0.2, 0.25) is 5.43 Å². The van der Waals surface area contributed by atoms with Crippen molar-refractivity contribution in [3.8, 4) is 5.75 Å². The van der Waals surface area contributed by atoms with Crippen molar-refractivity contribution in [3.05, 3.63) is 63.9 Å². The smallest absolute Gasteiger partial charge is 0.469 e. The molecule has 1 unspecified atom stereocenters. The van der Waals surface area contributed by atoms with Crippen molar-refractivity contribution in [3.63, 3.8) is 0 Å². The molecule has 3 aliphatic rings. The summed E-state index contributed by atoms with van der Waals surface area (Å²) in [5.74, 6) is -4.07. The molecule has 0 bridgehead atoms. The van der Waals surface area contributed by atoms with Crippen molar-refractivity contribution in [2.45, 2.75) is 37.5 Å². The number of benzene rings is 2. The maximum absolute atomic E-state index is 15.6. The number of amides is 1. The number of aliphatic hydroxyl groups excluding tert-OH is 1. The SMILES string of the molecule is O=C(O)c1cn(C2CC2)c2cc(N3CC[C@H](OP(=O)(O)O)C(COc4ccc(N5C[C@H](CO)OC5=O)cc4F)C3)c(F)cc2c1=O. The van der Waals surface area contributed by atoms with Gasteiger partial charge in [0, 0.05) is 42.7 Å². The molecule has 1 amide bonds. The van der Waals surface area contributed by atoms with Crippen LogP contribution in [0.4, 0.5) is 25.0 Å². The van der Waals surface area contributed by atoms with Crippen molar-refractivity contribution < 1.29 is 56.9 Å². The summed E-state index contributed by atoms with van der Waals surface area (Å²) in [5.41, 5.74) is -0.672. The fourth-order valence-electron chi connectivity index (χ4n) is 5.91. The van der Waals surface area contributed by atoms with Crippen molar-refractivity contribution in [1.82, 2.24) is 4.57 Å². The van der Waals surface area contributed by atoms with Gasteiger partial charge >= 0.3 is 19.9 Å². The predicted molar refractivity (Wildman–Crippen MR) is 157 cm³/mol. The van der Waals surface area contributed by atoms with Gasteiger partial charge in [0.25, 0.3) is 0 Å². The number of halogens is 2. The van der Waals surface area contributed by atoms with E-state index in [0.717, 1.165) is 29.9 Å². The summed E-state index contributed by atoms with van der Waals surface area (Å²) in [7, 11) is -4.95. The number of carbonyl (C=O) groups excluding carboxylic acids is 1. The van der Waals surface area contributed by atoms with Gasteiger partial charge in [-0.25, -0.2) is 22.9 Å². The Morgan fingerprint density at radius 3 is 2.46 bits per heavy atom. The Balaban J connectivity index is 1.26. The highest BCUT2D eigenvalue weighted by Crippen LogP contribution is 2.43. The lowest BCUT2D eigenvalue weighted by molar-refractivity contribution is 0.0501. The Hall–Kier alpha value is -4.08. The highest BCUT2D eigenvalue weighted by atomic mass is 31.2. The first-order valence-electron chi connectivity index (χ1n) is 14.4. The van der Waals surface area contributed by atoms with Gasteiger partial charge in [-0.2, -0.15) is 0 Å². The molecule has 3 atom stereocenters. The van der Waals surface area contributed by atoms with Gasteiger partial charge in [-0.3, -0.25) is 14.2 Å². The zero-order chi connectivity index (χ0) is 32.9. The molecule has 1 aliphatic carbocycles. The molecule has 246 valence electrons. The van der Waals surface area contributed by atoms with Crippen molar-refractivity contribution in [2.24, 2.45) is 5.92 Å². The standard InChI is InChI=1S/C29H30F2N3O11P/c30-21-8-19-23(33(16-1-2-16)12-20(27(19)36)28(37)38)9-24(21)32-6-5-25(45-46(40,41)42)15(10-32)14-43-26-4-3-17(7-22(26)31)34-11-18(13-35)44-29(34)39/h3-4,7-9,12,15-16,18,25,35H,1-2,5-6,10-11,13-14H2,(H,37,38)(H2,40,41,42)/t15?,18-,25+/m1/s1. The van der Waals surface area contributed by atoms with Crippen LogP contribution in [0.3, 0.4) is 0 Å². The summed E-state index contributed by atoms with van der Waals surface area (Å²) in [4.78, 5) is 58.4. The first-order chi connectivity index (χ1) is 21.8. The van der Waals surface area contributed by atoms with Crippen LogP contribution in [0.2, 0.25) is 0 Å². The zero-order valence-electron chi connectivity index (χ0n) is 24.1. The van der Waals surface area contributed by atoms with Crippen LogP contribution >= 0.6 is 7.82 Å². The highest BCUT2D eigenvalue weighted by molar-refractivity contribution is 7.46. The van der Waals surface area contributed by atoms with Crippen molar-refractivity contribution in [1.29, 1.82) is 0 Å². The van der Waals surface area contributed by atoms with Crippen LogP contribution in [0.1, 0.15) is 35.7 Å². The number of nitrogens with zero attached hydrogens (tertiary/aromatic N) is 3. The number of phosphoric ester groups is 1. The van der Waals surface area contributed by atoms with E-state index in [1.165, 1.54) is 24.4 Å². The zero-order valence-corrected chi connectivity index (χ0v) is 25.0. The van der Waals surface area contributed by atoms with E-state index in [-0.39, 0.29) is 61.2 Å². The number of aromatic nitrogens is 1. The Bertz CT molecular complexity index is 1810. The topological polar surface area (TPSA) is 188 Å². The molecule has 0 spiro atoms. The first-order valence-corrected chi connectivity index (χ1v) is 16.0. The summed E-state index contributed by atoms with van der Waals surface area (Å²) in [6.07, 6.45) is 0.288. The van der Waals surface area contributed by atoms with Gasteiger partial charge in [0.15, 0.2) is 11.6 Å². The largest absolute Gasteiger partial charge is 0.490 e. The van der Waals surface area contributed by atoms with Crippen molar-refractivity contribution in [2.75, 3.05) is 42.6 Å². The predicted octanol–water partition coefficient (Wildman–Crippen LogP) is 3.01. The van der Waals surface area contributed by atoms with Gasteiger partial charge in [-0.15, -0.1) is 0 Å². The fraction of sp³-hybridized carbons (Fsp3) is 0.414. The lowest BCUT2D eigenvalue weighted by Crippen LogP contribution is -2.46. The van der Waals surface area contributed by atoms with E-state index in [9.17, 15) is 38.9 Å². The third-order valence-corrected chi connectivity index (χ3v) is 8.85. The molecule has 3 heterocycles. The van der Waals surface area contributed by atoms with Crippen LogP contribution in [0.15, 0.2) is 41.3 Å². The fourth-order valence-corrected chi connectivity index (χ4v) is 6.54. The average Bonchev–Trinajstić information content (AvgIpc) is 3.77. The average molecular weight is 666 g/mol.